The SMILES string of the molecule is Cc1ccn(CCCNC(=O)/C=C/c2ccc(Cl)cc2Cl)c(=O)c1. The summed E-state index contributed by atoms with van der Waals surface area (Å²) in [4.78, 5) is 23.5. The Bertz CT molecular complexity index is 813. The van der Waals surface area contributed by atoms with Gasteiger partial charge in [-0.05, 0) is 48.7 Å². The van der Waals surface area contributed by atoms with Crippen molar-refractivity contribution in [1.29, 1.82) is 0 Å². The molecule has 0 fully saturated rings. The van der Waals surface area contributed by atoms with Gasteiger partial charge in [-0.2, -0.15) is 0 Å². The number of halogens is 2. The van der Waals surface area contributed by atoms with Crippen LogP contribution in [-0.4, -0.2) is 17.0 Å². The lowest BCUT2D eigenvalue weighted by Crippen LogP contribution is -2.25. The number of rotatable bonds is 6. The molecule has 2 rings (SSSR count). The molecule has 2 aromatic rings. The zero-order valence-corrected chi connectivity index (χ0v) is 14.8. The van der Waals surface area contributed by atoms with Gasteiger partial charge in [-0.1, -0.05) is 29.3 Å². The van der Waals surface area contributed by atoms with Gasteiger partial charge < -0.3 is 9.88 Å². The molecular weight excluding hydrogens is 347 g/mol. The Labute approximate surface area is 150 Å². The van der Waals surface area contributed by atoms with Crippen LogP contribution in [0.3, 0.4) is 0 Å². The lowest BCUT2D eigenvalue weighted by molar-refractivity contribution is -0.116. The normalized spacial score (nSPS) is 11.0. The summed E-state index contributed by atoms with van der Waals surface area (Å²) in [5.74, 6) is -0.211. The first-order valence-corrected chi connectivity index (χ1v) is 8.29. The van der Waals surface area contributed by atoms with E-state index in [2.05, 4.69) is 5.32 Å². The monoisotopic (exact) mass is 364 g/mol. The molecule has 0 spiro atoms. The molecule has 4 nitrogen and oxygen atoms in total. The van der Waals surface area contributed by atoms with E-state index in [0.29, 0.717) is 29.6 Å². The molecule has 0 aliphatic rings. The Morgan fingerprint density at radius 2 is 2.04 bits per heavy atom. The van der Waals surface area contributed by atoms with E-state index in [1.165, 1.54) is 6.08 Å². The van der Waals surface area contributed by atoms with E-state index in [0.717, 1.165) is 11.1 Å². The lowest BCUT2D eigenvalue weighted by Gasteiger charge is -2.06. The summed E-state index contributed by atoms with van der Waals surface area (Å²) in [6.45, 7) is 2.93. The van der Waals surface area contributed by atoms with E-state index in [-0.39, 0.29) is 11.5 Å². The third kappa shape index (κ3) is 5.55. The Balaban J connectivity index is 1.79. The topological polar surface area (TPSA) is 51.1 Å². The van der Waals surface area contributed by atoms with Gasteiger partial charge in [-0.3, -0.25) is 9.59 Å². The van der Waals surface area contributed by atoms with E-state index < -0.39 is 0 Å². The van der Waals surface area contributed by atoms with Crippen LogP contribution >= 0.6 is 23.2 Å². The number of carbonyl (C=O) groups is 1. The van der Waals surface area contributed by atoms with Crippen molar-refractivity contribution in [2.24, 2.45) is 0 Å². The van der Waals surface area contributed by atoms with Crippen LogP contribution in [0.25, 0.3) is 6.08 Å². The number of hydrogen-bond acceptors (Lipinski definition) is 2. The Morgan fingerprint density at radius 3 is 2.75 bits per heavy atom. The molecule has 6 heteroatoms. The first kappa shape index (κ1) is 18.3. The van der Waals surface area contributed by atoms with Gasteiger partial charge in [0, 0.05) is 41.5 Å². The average molecular weight is 365 g/mol. The fourth-order valence-corrected chi connectivity index (χ4v) is 2.59. The van der Waals surface area contributed by atoms with Crippen molar-refractivity contribution in [3.8, 4) is 0 Å². The summed E-state index contributed by atoms with van der Waals surface area (Å²) in [7, 11) is 0. The van der Waals surface area contributed by atoms with E-state index in [9.17, 15) is 9.59 Å². The maximum atomic E-state index is 11.8. The molecule has 0 aliphatic heterocycles. The number of amides is 1. The molecule has 0 atom stereocenters. The molecule has 126 valence electrons. The molecule has 0 unspecified atom stereocenters. The van der Waals surface area contributed by atoms with Crippen LogP contribution in [0.1, 0.15) is 17.5 Å². The van der Waals surface area contributed by atoms with Crippen LogP contribution in [0.15, 0.2) is 47.4 Å². The minimum absolute atomic E-state index is 0.0291. The number of nitrogens with one attached hydrogen (secondary N) is 1. The third-order valence-corrected chi connectivity index (χ3v) is 3.97. The molecule has 0 saturated carbocycles. The largest absolute Gasteiger partial charge is 0.352 e. The Hall–Kier alpha value is -2.04. The van der Waals surface area contributed by atoms with E-state index in [4.69, 9.17) is 23.2 Å². The molecule has 1 amide bonds. The predicted molar refractivity (Wildman–Crippen MR) is 98.6 cm³/mol. The number of carbonyl (C=O) groups excluding carboxylic acids is 1. The van der Waals surface area contributed by atoms with Crippen molar-refractivity contribution < 1.29 is 4.79 Å². The van der Waals surface area contributed by atoms with Crippen molar-refractivity contribution >= 4 is 35.2 Å². The molecule has 1 aromatic heterocycles. The first-order valence-electron chi connectivity index (χ1n) is 7.54. The van der Waals surface area contributed by atoms with Crippen LogP contribution in [0.5, 0.6) is 0 Å². The summed E-state index contributed by atoms with van der Waals surface area (Å²) < 4.78 is 1.63. The predicted octanol–water partition coefficient (Wildman–Crippen LogP) is 3.68. The van der Waals surface area contributed by atoms with Gasteiger partial charge in [0.15, 0.2) is 0 Å². The van der Waals surface area contributed by atoms with E-state index in [1.807, 2.05) is 13.0 Å². The highest BCUT2D eigenvalue weighted by molar-refractivity contribution is 6.35. The van der Waals surface area contributed by atoms with Crippen molar-refractivity contribution in [2.75, 3.05) is 6.54 Å². The Morgan fingerprint density at radius 1 is 1.25 bits per heavy atom. The van der Waals surface area contributed by atoms with Gasteiger partial charge in [0.05, 0.1) is 0 Å². The Kier molecular flexibility index (Phi) is 6.64. The maximum absolute atomic E-state index is 11.8. The van der Waals surface area contributed by atoms with Crippen molar-refractivity contribution in [1.82, 2.24) is 9.88 Å². The van der Waals surface area contributed by atoms with Crippen LogP contribution < -0.4 is 10.9 Å². The smallest absolute Gasteiger partial charge is 0.250 e. The van der Waals surface area contributed by atoms with Crippen molar-refractivity contribution in [2.45, 2.75) is 19.9 Å². The fourth-order valence-electron chi connectivity index (χ4n) is 2.11. The quantitative estimate of drug-likeness (QED) is 0.627. The second-order valence-corrected chi connectivity index (χ2v) is 6.22. The van der Waals surface area contributed by atoms with Crippen LogP contribution in [0.2, 0.25) is 10.0 Å². The average Bonchev–Trinajstić information content (AvgIpc) is 2.52. The highest BCUT2D eigenvalue weighted by Crippen LogP contribution is 2.21. The number of aryl methyl sites for hydroxylation is 2. The van der Waals surface area contributed by atoms with Crippen LogP contribution in [0, 0.1) is 6.92 Å². The number of pyridine rings is 1. The van der Waals surface area contributed by atoms with Gasteiger partial charge in [-0.15, -0.1) is 0 Å². The minimum atomic E-state index is -0.211. The van der Waals surface area contributed by atoms with Crippen molar-refractivity contribution in [3.05, 3.63) is 74.1 Å². The molecule has 1 aromatic carbocycles. The molecule has 0 aliphatic carbocycles. The highest BCUT2D eigenvalue weighted by atomic mass is 35.5. The molecule has 0 radical (unpaired) electrons. The molecule has 0 bridgehead atoms. The summed E-state index contributed by atoms with van der Waals surface area (Å²) in [6.07, 6.45) is 5.50. The van der Waals surface area contributed by atoms with E-state index in [1.54, 1.807) is 41.1 Å². The fraction of sp³-hybridized carbons (Fsp3) is 0.222. The standard InChI is InChI=1S/C18H18Cl2N2O2/c1-13-7-10-22(18(24)11-13)9-2-8-21-17(23)6-4-14-3-5-15(19)12-16(14)20/h3-7,10-12H,2,8-9H2,1H3,(H,21,23)/b6-4+. The summed E-state index contributed by atoms with van der Waals surface area (Å²) in [5, 5.41) is 3.81. The zero-order chi connectivity index (χ0) is 17.5. The van der Waals surface area contributed by atoms with Crippen LogP contribution in [-0.2, 0) is 11.3 Å². The van der Waals surface area contributed by atoms with Gasteiger partial charge in [0.25, 0.3) is 5.56 Å². The number of hydrogen-bond donors (Lipinski definition) is 1. The summed E-state index contributed by atoms with van der Waals surface area (Å²) in [5.41, 5.74) is 1.64. The zero-order valence-electron chi connectivity index (χ0n) is 13.3. The summed E-state index contributed by atoms with van der Waals surface area (Å²) >= 11 is 11.9. The van der Waals surface area contributed by atoms with Gasteiger partial charge in [0.1, 0.15) is 0 Å². The number of aromatic nitrogens is 1. The van der Waals surface area contributed by atoms with E-state index >= 15 is 0 Å². The number of benzene rings is 1. The third-order valence-electron chi connectivity index (χ3n) is 3.40. The minimum Gasteiger partial charge on any atom is -0.352 e. The van der Waals surface area contributed by atoms with Gasteiger partial charge in [0.2, 0.25) is 5.91 Å². The number of nitrogens with zero attached hydrogens (tertiary/aromatic N) is 1. The lowest BCUT2D eigenvalue weighted by atomic mass is 10.2. The van der Waals surface area contributed by atoms with Crippen molar-refractivity contribution in [3.63, 3.8) is 0 Å². The van der Waals surface area contributed by atoms with Gasteiger partial charge >= 0.3 is 0 Å². The van der Waals surface area contributed by atoms with Crippen LogP contribution in [0.4, 0.5) is 0 Å². The second-order valence-electron chi connectivity index (χ2n) is 5.38. The molecular formula is C18H18Cl2N2O2. The molecule has 1 heterocycles. The highest BCUT2D eigenvalue weighted by Gasteiger charge is 2.00. The first-order chi connectivity index (χ1) is 11.5. The molecule has 0 saturated heterocycles. The maximum Gasteiger partial charge on any atom is 0.250 e. The molecule has 1 N–H and O–H groups in total. The summed E-state index contributed by atoms with van der Waals surface area (Å²) in [6, 6.07) is 8.57. The second kappa shape index (κ2) is 8.71. The van der Waals surface area contributed by atoms with Gasteiger partial charge in [-0.25, -0.2) is 0 Å². The molecule has 24 heavy (non-hydrogen) atoms.